The lowest BCUT2D eigenvalue weighted by Crippen LogP contribution is -1.93. The molecular formula is C13H9Cl3FNOS. The van der Waals surface area contributed by atoms with E-state index in [0.29, 0.717) is 20.9 Å². The summed E-state index contributed by atoms with van der Waals surface area (Å²) in [5.74, 6) is -0.251. The molecule has 0 saturated carbocycles. The molecule has 0 spiro atoms. The number of rotatable bonds is 4. The standard InChI is InChI=1S/C13H9Cl3FNOS/c1-7(19)10-6-18(17)12(20-13(15)16)11(10)8-3-2-4-9(14)5-8/h2-6,13H,1H3. The van der Waals surface area contributed by atoms with E-state index in [-0.39, 0.29) is 16.4 Å². The van der Waals surface area contributed by atoms with Crippen molar-refractivity contribution in [2.45, 2.75) is 16.1 Å². The Kier molecular flexibility index (Phi) is 5.02. The number of Topliss-reactive ketones (excluding diaryl/α,β-unsaturated/α-hetero) is 1. The number of carbonyl (C=O) groups excluding carboxylic acids is 1. The van der Waals surface area contributed by atoms with E-state index >= 15 is 0 Å². The molecule has 1 aromatic heterocycles. The van der Waals surface area contributed by atoms with Gasteiger partial charge in [-0.2, -0.15) is 4.79 Å². The summed E-state index contributed by atoms with van der Waals surface area (Å²) < 4.78 is 13.1. The molecule has 0 unspecified atom stereocenters. The predicted molar refractivity (Wildman–Crippen MR) is 82.7 cm³/mol. The third-order valence-electron chi connectivity index (χ3n) is 2.61. The molecule has 0 aliphatic heterocycles. The van der Waals surface area contributed by atoms with Crippen LogP contribution < -0.4 is 0 Å². The van der Waals surface area contributed by atoms with Crippen molar-refractivity contribution in [2.24, 2.45) is 0 Å². The Morgan fingerprint density at radius 1 is 1.40 bits per heavy atom. The number of carbonyl (C=O) groups is 1. The Morgan fingerprint density at radius 2 is 2.10 bits per heavy atom. The van der Waals surface area contributed by atoms with Gasteiger partial charge >= 0.3 is 0 Å². The van der Waals surface area contributed by atoms with Crippen LogP contribution in [0.5, 0.6) is 0 Å². The molecule has 0 aliphatic carbocycles. The maximum absolute atomic E-state index is 14.0. The Morgan fingerprint density at radius 3 is 2.65 bits per heavy atom. The van der Waals surface area contributed by atoms with Gasteiger partial charge in [-0.25, -0.2) is 0 Å². The number of thioether (sulfide) groups is 1. The number of alkyl halides is 2. The molecule has 1 heterocycles. The molecule has 0 bridgehead atoms. The first-order valence-corrected chi connectivity index (χ1v) is 7.66. The van der Waals surface area contributed by atoms with Gasteiger partial charge in [-0.1, -0.05) is 63.2 Å². The maximum atomic E-state index is 14.0. The SMILES string of the molecule is CC(=O)c1cn(F)c(SC(Cl)Cl)c1-c1cccc(Cl)c1. The van der Waals surface area contributed by atoms with E-state index in [2.05, 4.69) is 0 Å². The van der Waals surface area contributed by atoms with Gasteiger partial charge in [0.1, 0.15) is 5.03 Å². The van der Waals surface area contributed by atoms with Crippen molar-refractivity contribution in [1.29, 1.82) is 0 Å². The largest absolute Gasteiger partial charge is 0.294 e. The van der Waals surface area contributed by atoms with E-state index in [1.807, 2.05) is 0 Å². The Bertz CT molecular complexity index is 657. The van der Waals surface area contributed by atoms with E-state index in [1.54, 1.807) is 24.3 Å². The molecule has 0 fully saturated rings. The molecule has 20 heavy (non-hydrogen) atoms. The third kappa shape index (κ3) is 3.31. The molecule has 0 aliphatic rings. The van der Waals surface area contributed by atoms with Gasteiger partial charge in [0.05, 0.1) is 6.20 Å². The summed E-state index contributed by atoms with van der Waals surface area (Å²) in [6.07, 6.45) is 1.12. The zero-order chi connectivity index (χ0) is 14.9. The van der Waals surface area contributed by atoms with Crippen LogP contribution in [0, 0.1) is 0 Å². The van der Waals surface area contributed by atoms with Crippen molar-refractivity contribution in [1.82, 2.24) is 4.79 Å². The predicted octanol–water partition coefficient (Wildman–Crippen LogP) is 5.60. The van der Waals surface area contributed by atoms with Gasteiger partial charge in [0.2, 0.25) is 0 Å². The van der Waals surface area contributed by atoms with E-state index in [0.717, 1.165) is 18.0 Å². The zero-order valence-corrected chi connectivity index (χ0v) is 13.3. The average Bonchev–Trinajstić information content (AvgIpc) is 2.66. The van der Waals surface area contributed by atoms with Gasteiger partial charge in [0, 0.05) is 16.1 Å². The topological polar surface area (TPSA) is 22.0 Å². The van der Waals surface area contributed by atoms with E-state index in [1.165, 1.54) is 6.92 Å². The second kappa shape index (κ2) is 6.39. The van der Waals surface area contributed by atoms with Crippen LogP contribution in [0.2, 0.25) is 5.02 Å². The monoisotopic (exact) mass is 351 g/mol. The molecule has 2 aromatic rings. The van der Waals surface area contributed by atoms with Gasteiger partial charge in [-0.3, -0.25) is 4.79 Å². The van der Waals surface area contributed by atoms with Crippen LogP contribution in [0.4, 0.5) is 4.48 Å². The van der Waals surface area contributed by atoms with Crippen LogP contribution in [-0.2, 0) is 0 Å². The van der Waals surface area contributed by atoms with Crippen LogP contribution in [0.1, 0.15) is 17.3 Å². The number of hydrogen-bond acceptors (Lipinski definition) is 2. The molecule has 2 rings (SSSR count). The summed E-state index contributed by atoms with van der Waals surface area (Å²) in [5, 5.41) is 0.667. The fourth-order valence-corrected chi connectivity index (χ4v) is 3.21. The van der Waals surface area contributed by atoms with Gasteiger partial charge in [0.25, 0.3) is 0 Å². The zero-order valence-electron chi connectivity index (χ0n) is 10.2. The molecule has 2 nitrogen and oxygen atoms in total. The first-order chi connectivity index (χ1) is 9.40. The van der Waals surface area contributed by atoms with Gasteiger partial charge in [-0.05, 0) is 24.6 Å². The van der Waals surface area contributed by atoms with Crippen molar-refractivity contribution < 1.29 is 9.28 Å². The first kappa shape index (κ1) is 15.7. The minimum atomic E-state index is -0.850. The molecule has 7 heteroatoms. The molecule has 0 N–H and O–H groups in total. The molecule has 0 radical (unpaired) electrons. The highest BCUT2D eigenvalue weighted by molar-refractivity contribution is 8.02. The lowest BCUT2D eigenvalue weighted by molar-refractivity contribution is 0.101. The van der Waals surface area contributed by atoms with Crippen LogP contribution in [-0.4, -0.2) is 14.7 Å². The number of hydrogen-bond donors (Lipinski definition) is 0. The Labute approximate surface area is 134 Å². The summed E-state index contributed by atoms with van der Waals surface area (Å²) in [4.78, 5) is 12.0. The first-order valence-electron chi connectivity index (χ1n) is 5.53. The number of benzene rings is 1. The summed E-state index contributed by atoms with van der Waals surface area (Å²) >= 11 is 18.3. The van der Waals surface area contributed by atoms with E-state index in [4.69, 9.17) is 34.8 Å². The average molecular weight is 353 g/mol. The lowest BCUT2D eigenvalue weighted by Gasteiger charge is -2.07. The smallest absolute Gasteiger partial charge is 0.162 e. The summed E-state index contributed by atoms with van der Waals surface area (Å²) in [6.45, 7) is 1.37. The Hall–Kier alpha value is -0.680. The van der Waals surface area contributed by atoms with Gasteiger partial charge in [0.15, 0.2) is 9.95 Å². The highest BCUT2D eigenvalue weighted by Gasteiger charge is 2.22. The molecule has 0 saturated heterocycles. The van der Waals surface area contributed by atoms with Crippen LogP contribution in [0.25, 0.3) is 11.1 Å². The number of nitrogens with zero attached hydrogens (tertiary/aromatic N) is 1. The van der Waals surface area contributed by atoms with Crippen molar-refractivity contribution in [3.63, 3.8) is 0 Å². The molecular weight excluding hydrogens is 344 g/mol. The van der Waals surface area contributed by atoms with Crippen molar-refractivity contribution in [3.8, 4) is 11.1 Å². The molecule has 1 aromatic carbocycles. The second-order valence-corrected chi connectivity index (χ2v) is 7.12. The van der Waals surface area contributed by atoms with Crippen molar-refractivity contribution in [3.05, 3.63) is 41.0 Å². The minimum absolute atomic E-state index is 0.174. The van der Waals surface area contributed by atoms with Gasteiger partial charge < -0.3 is 0 Å². The fourth-order valence-electron chi connectivity index (χ4n) is 1.84. The van der Waals surface area contributed by atoms with Crippen molar-refractivity contribution in [2.75, 3.05) is 0 Å². The van der Waals surface area contributed by atoms with Crippen LogP contribution in [0.15, 0.2) is 35.5 Å². The minimum Gasteiger partial charge on any atom is -0.294 e. The number of aromatic nitrogens is 1. The van der Waals surface area contributed by atoms with Gasteiger partial charge in [-0.15, -0.1) is 0 Å². The third-order valence-corrected chi connectivity index (χ3v) is 4.16. The van der Waals surface area contributed by atoms with Crippen LogP contribution >= 0.6 is 46.6 Å². The Balaban J connectivity index is 2.67. The normalized spacial score (nSPS) is 11.1. The number of halogens is 4. The molecule has 0 amide bonds. The molecule has 106 valence electrons. The molecule has 0 atom stereocenters. The highest BCUT2D eigenvalue weighted by Crippen LogP contribution is 2.40. The van der Waals surface area contributed by atoms with E-state index in [9.17, 15) is 9.28 Å². The van der Waals surface area contributed by atoms with Crippen molar-refractivity contribution >= 4 is 52.3 Å². The summed E-state index contributed by atoms with van der Waals surface area (Å²) in [5.41, 5.74) is 1.33. The number of ketones is 1. The van der Waals surface area contributed by atoms with Crippen LogP contribution in [0.3, 0.4) is 0 Å². The quantitative estimate of drug-likeness (QED) is 0.406. The maximum Gasteiger partial charge on any atom is 0.162 e. The fraction of sp³-hybridized carbons (Fsp3) is 0.154. The second-order valence-electron chi connectivity index (χ2n) is 3.98. The van der Waals surface area contributed by atoms with E-state index < -0.39 is 4.17 Å². The summed E-state index contributed by atoms with van der Waals surface area (Å²) in [6, 6.07) is 6.83. The highest BCUT2D eigenvalue weighted by atomic mass is 35.5. The lowest BCUT2D eigenvalue weighted by atomic mass is 10.0. The summed E-state index contributed by atoms with van der Waals surface area (Å²) in [7, 11) is 0.